The first kappa shape index (κ1) is 20.5. The first-order valence-corrected chi connectivity index (χ1v) is 9.32. The molecule has 1 amide bonds. The van der Waals surface area contributed by atoms with Crippen LogP contribution in [0, 0.1) is 17.1 Å². The van der Waals surface area contributed by atoms with E-state index in [1.165, 1.54) is 17.0 Å². The van der Waals surface area contributed by atoms with Crippen molar-refractivity contribution in [1.82, 2.24) is 9.88 Å². The Kier molecular flexibility index (Phi) is 6.55. The van der Waals surface area contributed by atoms with E-state index in [1.807, 2.05) is 6.07 Å². The van der Waals surface area contributed by atoms with Gasteiger partial charge >= 0.3 is 0 Å². The molecule has 2 aromatic rings. The number of aromatic nitrogens is 1. The fourth-order valence-electron chi connectivity index (χ4n) is 3.32. The highest BCUT2D eigenvalue weighted by molar-refractivity contribution is 5.77. The third-order valence-corrected chi connectivity index (χ3v) is 4.76. The Bertz CT molecular complexity index is 942. The summed E-state index contributed by atoms with van der Waals surface area (Å²) in [5.41, 5.74) is 1.53. The van der Waals surface area contributed by atoms with Crippen LogP contribution >= 0.6 is 0 Å². The quantitative estimate of drug-likeness (QED) is 0.659. The molecule has 2 heterocycles. The highest BCUT2D eigenvalue weighted by Gasteiger charge is 2.36. The van der Waals surface area contributed by atoms with Crippen molar-refractivity contribution in [1.29, 1.82) is 5.26 Å². The van der Waals surface area contributed by atoms with Crippen LogP contribution in [0.4, 0.5) is 8.78 Å². The Hall–Kier alpha value is -3.27. The molecule has 29 heavy (non-hydrogen) atoms. The number of nitriles is 1. The number of halogens is 2. The molecule has 1 saturated heterocycles. The third kappa shape index (κ3) is 5.38. The number of likely N-dealkylation sites (tertiary alicyclic amines) is 1. The standard InChI is InChI=1S/C22H21F2N3O2/c1-15(14-29-21-7-3-6-19(12-25)26-21)8-9-22(28)27-13-18(24)11-20(27)16-4-2-5-17(23)10-16/h2-7,10,18,20H,1,8-9,11,13-14H2. The number of hydrogen-bond donors (Lipinski definition) is 0. The predicted octanol–water partition coefficient (Wildman–Crippen LogP) is 4.12. The number of carbonyl (C=O) groups is 1. The second kappa shape index (κ2) is 9.28. The summed E-state index contributed by atoms with van der Waals surface area (Å²) < 4.78 is 33.0. The number of carbonyl (C=O) groups excluding carboxylic acids is 1. The number of ether oxygens (including phenoxy) is 1. The maximum Gasteiger partial charge on any atom is 0.223 e. The minimum absolute atomic E-state index is 0.00780. The van der Waals surface area contributed by atoms with Gasteiger partial charge in [-0.2, -0.15) is 5.26 Å². The molecule has 2 atom stereocenters. The number of alkyl halides is 1. The Labute approximate surface area is 168 Å². The van der Waals surface area contributed by atoms with Crippen molar-refractivity contribution < 1.29 is 18.3 Å². The number of hydrogen-bond acceptors (Lipinski definition) is 4. The molecule has 5 nitrogen and oxygen atoms in total. The molecule has 2 unspecified atom stereocenters. The summed E-state index contributed by atoms with van der Waals surface area (Å²) in [6.07, 6.45) is -0.427. The predicted molar refractivity (Wildman–Crippen MR) is 103 cm³/mol. The van der Waals surface area contributed by atoms with E-state index in [9.17, 15) is 13.6 Å². The van der Waals surface area contributed by atoms with Crippen LogP contribution in [-0.4, -0.2) is 35.1 Å². The molecule has 150 valence electrons. The lowest BCUT2D eigenvalue weighted by Crippen LogP contribution is -2.31. The summed E-state index contributed by atoms with van der Waals surface area (Å²) in [5, 5.41) is 8.85. The van der Waals surface area contributed by atoms with E-state index in [-0.39, 0.29) is 37.6 Å². The lowest BCUT2D eigenvalue weighted by molar-refractivity contribution is -0.132. The normalized spacial score (nSPS) is 18.3. The van der Waals surface area contributed by atoms with Crippen molar-refractivity contribution in [3.05, 3.63) is 71.7 Å². The largest absolute Gasteiger partial charge is 0.473 e. The topological polar surface area (TPSA) is 66.2 Å². The van der Waals surface area contributed by atoms with Gasteiger partial charge in [0.1, 0.15) is 30.4 Å². The Morgan fingerprint density at radius 1 is 1.31 bits per heavy atom. The minimum atomic E-state index is -1.13. The van der Waals surface area contributed by atoms with Crippen LogP contribution < -0.4 is 4.74 Å². The fourth-order valence-corrected chi connectivity index (χ4v) is 3.32. The fraction of sp³-hybridized carbons (Fsp3) is 0.318. The number of amides is 1. The van der Waals surface area contributed by atoms with E-state index in [2.05, 4.69) is 11.6 Å². The zero-order valence-corrected chi connectivity index (χ0v) is 15.9. The van der Waals surface area contributed by atoms with Crippen molar-refractivity contribution in [2.45, 2.75) is 31.5 Å². The van der Waals surface area contributed by atoms with Crippen LogP contribution in [0.3, 0.4) is 0 Å². The molecule has 1 aromatic carbocycles. The Morgan fingerprint density at radius 2 is 2.10 bits per heavy atom. The minimum Gasteiger partial charge on any atom is -0.473 e. The second-order valence-corrected chi connectivity index (χ2v) is 6.96. The maximum absolute atomic E-state index is 14.0. The second-order valence-electron chi connectivity index (χ2n) is 6.96. The van der Waals surface area contributed by atoms with Crippen molar-refractivity contribution in [3.63, 3.8) is 0 Å². The molecule has 0 radical (unpaired) electrons. The van der Waals surface area contributed by atoms with Gasteiger partial charge in [0.05, 0.1) is 12.6 Å². The van der Waals surface area contributed by atoms with Gasteiger partial charge in [-0.05, 0) is 35.8 Å². The van der Waals surface area contributed by atoms with Crippen molar-refractivity contribution in [2.75, 3.05) is 13.2 Å². The summed E-state index contributed by atoms with van der Waals surface area (Å²) in [5.74, 6) is -0.301. The summed E-state index contributed by atoms with van der Waals surface area (Å²) in [4.78, 5) is 18.1. The van der Waals surface area contributed by atoms with Gasteiger partial charge < -0.3 is 9.64 Å². The molecule has 0 aliphatic carbocycles. The molecule has 0 saturated carbocycles. The molecule has 7 heteroatoms. The van der Waals surface area contributed by atoms with Crippen LogP contribution in [0.1, 0.15) is 36.6 Å². The van der Waals surface area contributed by atoms with E-state index in [4.69, 9.17) is 10.00 Å². The van der Waals surface area contributed by atoms with Gasteiger partial charge in [0.25, 0.3) is 0 Å². The van der Waals surface area contributed by atoms with Crippen LogP contribution in [-0.2, 0) is 4.79 Å². The van der Waals surface area contributed by atoms with E-state index in [0.29, 0.717) is 23.4 Å². The Morgan fingerprint density at radius 3 is 2.86 bits per heavy atom. The molecule has 0 spiro atoms. The van der Waals surface area contributed by atoms with Gasteiger partial charge in [-0.1, -0.05) is 24.8 Å². The van der Waals surface area contributed by atoms with Crippen molar-refractivity contribution >= 4 is 5.91 Å². The lowest BCUT2D eigenvalue weighted by Gasteiger charge is -2.25. The lowest BCUT2D eigenvalue weighted by atomic mass is 10.0. The molecule has 0 bridgehead atoms. The first-order valence-electron chi connectivity index (χ1n) is 9.32. The molecule has 1 aliphatic heterocycles. The van der Waals surface area contributed by atoms with Gasteiger partial charge in [0, 0.05) is 18.9 Å². The summed E-state index contributed by atoms with van der Waals surface area (Å²) >= 11 is 0. The summed E-state index contributed by atoms with van der Waals surface area (Å²) in [7, 11) is 0. The summed E-state index contributed by atoms with van der Waals surface area (Å²) in [6.45, 7) is 4.07. The van der Waals surface area contributed by atoms with Gasteiger partial charge in [-0.15, -0.1) is 0 Å². The van der Waals surface area contributed by atoms with E-state index < -0.39 is 18.0 Å². The van der Waals surface area contributed by atoms with Gasteiger partial charge in [0.2, 0.25) is 11.8 Å². The highest BCUT2D eigenvalue weighted by Crippen LogP contribution is 2.34. The van der Waals surface area contributed by atoms with E-state index in [1.54, 1.807) is 30.3 Å². The molecule has 3 rings (SSSR count). The van der Waals surface area contributed by atoms with Gasteiger partial charge in [0.15, 0.2) is 0 Å². The smallest absolute Gasteiger partial charge is 0.223 e. The van der Waals surface area contributed by atoms with Crippen LogP contribution in [0.25, 0.3) is 0 Å². The number of nitrogens with zero attached hydrogens (tertiary/aromatic N) is 3. The van der Waals surface area contributed by atoms with Crippen LogP contribution in [0.2, 0.25) is 0 Å². The molecule has 1 aliphatic rings. The number of rotatable bonds is 7. The van der Waals surface area contributed by atoms with Crippen molar-refractivity contribution in [2.24, 2.45) is 0 Å². The average molecular weight is 397 g/mol. The van der Waals surface area contributed by atoms with Crippen LogP contribution in [0.5, 0.6) is 5.88 Å². The average Bonchev–Trinajstić information content (AvgIpc) is 3.12. The third-order valence-electron chi connectivity index (χ3n) is 4.76. The van der Waals surface area contributed by atoms with E-state index in [0.717, 1.165) is 0 Å². The highest BCUT2D eigenvalue weighted by atomic mass is 19.1. The van der Waals surface area contributed by atoms with Crippen LogP contribution in [0.15, 0.2) is 54.6 Å². The number of benzene rings is 1. The zero-order valence-electron chi connectivity index (χ0n) is 15.9. The SMILES string of the molecule is C=C(CCC(=O)N1CC(F)CC1c1cccc(F)c1)COc1cccc(C#N)n1. The molecular weight excluding hydrogens is 376 g/mol. The summed E-state index contributed by atoms with van der Waals surface area (Å²) in [6, 6.07) is 12.3. The molecule has 0 N–H and O–H groups in total. The zero-order chi connectivity index (χ0) is 20.8. The van der Waals surface area contributed by atoms with E-state index >= 15 is 0 Å². The first-order chi connectivity index (χ1) is 14.0. The maximum atomic E-state index is 14.0. The number of pyridine rings is 1. The van der Waals surface area contributed by atoms with Gasteiger partial charge in [-0.3, -0.25) is 4.79 Å². The Balaban J connectivity index is 1.53. The molecule has 1 fully saturated rings. The van der Waals surface area contributed by atoms with Crippen molar-refractivity contribution in [3.8, 4) is 11.9 Å². The van der Waals surface area contributed by atoms with Gasteiger partial charge in [-0.25, -0.2) is 13.8 Å². The molecule has 1 aromatic heterocycles. The molecular formula is C22H21F2N3O2. The monoisotopic (exact) mass is 397 g/mol.